The normalized spacial score (nSPS) is 15.4. The van der Waals surface area contributed by atoms with Gasteiger partial charge in [0.25, 0.3) is 0 Å². The predicted octanol–water partition coefficient (Wildman–Crippen LogP) is 4.88. The molecule has 0 N–H and O–H groups in total. The molecule has 0 bridgehead atoms. The maximum Gasteiger partial charge on any atom is 0.104 e. The molecule has 0 heterocycles. The van der Waals surface area contributed by atoms with Gasteiger partial charge in [0, 0.05) is 0 Å². The Kier molecular flexibility index (Phi) is 6.43. The van der Waals surface area contributed by atoms with Gasteiger partial charge < -0.3 is 0 Å². The molecule has 1 unspecified atom stereocenters. The Hall–Kier alpha value is 0.610. The van der Waals surface area contributed by atoms with Crippen LogP contribution in [0.1, 0.15) is 39.5 Å². The van der Waals surface area contributed by atoms with E-state index >= 15 is 0 Å². The number of allylic oxidation sites excluding steroid dienone is 1. The smallest absolute Gasteiger partial charge is 0.104 e. The van der Waals surface area contributed by atoms with Gasteiger partial charge in [-0.05, 0) is 19.4 Å². The Labute approximate surface area is 89.9 Å². The lowest BCUT2D eigenvalue weighted by atomic mass is 10.0. The van der Waals surface area contributed by atoms with Gasteiger partial charge in [0.2, 0.25) is 0 Å². The first-order valence-corrected chi connectivity index (χ1v) is 5.34. The van der Waals surface area contributed by atoms with E-state index in [0.29, 0.717) is 0 Å². The van der Waals surface area contributed by atoms with Crippen LogP contribution < -0.4 is 0 Å². The topological polar surface area (TPSA) is 0 Å². The largest absolute Gasteiger partial charge is 0.115 e. The molecule has 12 heavy (non-hydrogen) atoms. The van der Waals surface area contributed by atoms with Crippen LogP contribution in [0.4, 0.5) is 0 Å². The Morgan fingerprint density at radius 2 is 1.92 bits per heavy atom. The second-order valence-corrected chi connectivity index (χ2v) is 5.04. The summed E-state index contributed by atoms with van der Waals surface area (Å²) in [4.78, 5) is -0.381. The number of rotatable bonds is 5. The number of hydrogen-bond donors (Lipinski definition) is 0. The summed E-state index contributed by atoms with van der Waals surface area (Å²) < 4.78 is 0.254. The van der Waals surface area contributed by atoms with Crippen molar-refractivity contribution in [2.45, 2.75) is 44.4 Å². The number of unbranched alkanes of at least 4 members (excludes halogenated alkanes) is 2. The van der Waals surface area contributed by atoms with Crippen molar-refractivity contribution in [1.29, 1.82) is 0 Å². The zero-order chi connectivity index (χ0) is 9.61. The van der Waals surface area contributed by atoms with E-state index in [1.807, 2.05) is 6.92 Å². The molecule has 0 nitrogen and oxygen atoms in total. The number of alkyl halides is 1. The van der Waals surface area contributed by atoms with E-state index in [1.165, 1.54) is 12.8 Å². The van der Waals surface area contributed by atoms with Crippen LogP contribution in [0, 0.1) is 0 Å². The van der Waals surface area contributed by atoms with Gasteiger partial charge in [-0.3, -0.25) is 0 Å². The predicted molar refractivity (Wildman–Crippen MR) is 58.2 cm³/mol. The quantitative estimate of drug-likeness (QED) is 0.465. The third kappa shape index (κ3) is 7.27. The molecule has 0 aliphatic carbocycles. The van der Waals surface area contributed by atoms with Crippen molar-refractivity contribution in [2.75, 3.05) is 0 Å². The van der Waals surface area contributed by atoms with Crippen molar-refractivity contribution in [3.05, 3.63) is 10.6 Å². The molecule has 0 radical (unpaired) electrons. The highest BCUT2D eigenvalue weighted by Gasteiger charge is 2.17. The Morgan fingerprint density at radius 1 is 1.33 bits per heavy atom. The zero-order valence-electron chi connectivity index (χ0n) is 7.54. The lowest BCUT2D eigenvalue weighted by Crippen LogP contribution is -2.12. The Morgan fingerprint density at radius 3 is 2.33 bits per heavy atom. The standard InChI is InChI=1S/C9H15Cl3/c1-3-4-5-6-9(2,12)7-8(10)11/h7H,3-6H2,1-2H3. The van der Waals surface area contributed by atoms with Crippen LogP contribution in [0.3, 0.4) is 0 Å². The molecule has 0 saturated carbocycles. The molecule has 0 aliphatic heterocycles. The maximum absolute atomic E-state index is 6.12. The van der Waals surface area contributed by atoms with E-state index in [0.717, 1.165) is 12.8 Å². The fourth-order valence-electron chi connectivity index (χ4n) is 1.02. The van der Waals surface area contributed by atoms with Crippen LogP contribution in [0.2, 0.25) is 0 Å². The maximum atomic E-state index is 6.12. The lowest BCUT2D eigenvalue weighted by Gasteiger charge is -2.16. The summed E-state index contributed by atoms with van der Waals surface area (Å²) in [7, 11) is 0. The van der Waals surface area contributed by atoms with Crippen LogP contribution in [0.25, 0.3) is 0 Å². The molecule has 0 amide bonds. The van der Waals surface area contributed by atoms with Crippen molar-refractivity contribution >= 4 is 34.8 Å². The van der Waals surface area contributed by atoms with Crippen molar-refractivity contribution < 1.29 is 0 Å². The van der Waals surface area contributed by atoms with Crippen LogP contribution >= 0.6 is 34.8 Å². The van der Waals surface area contributed by atoms with Crippen LogP contribution in [0.15, 0.2) is 10.6 Å². The van der Waals surface area contributed by atoms with E-state index in [9.17, 15) is 0 Å². The third-order valence-electron chi connectivity index (χ3n) is 1.68. The summed E-state index contributed by atoms with van der Waals surface area (Å²) >= 11 is 17.2. The minimum Gasteiger partial charge on any atom is -0.115 e. The molecule has 1 atom stereocenters. The van der Waals surface area contributed by atoms with Crippen LogP contribution in [-0.2, 0) is 0 Å². The monoisotopic (exact) mass is 228 g/mol. The van der Waals surface area contributed by atoms with E-state index in [-0.39, 0.29) is 9.37 Å². The van der Waals surface area contributed by atoms with Crippen molar-refractivity contribution in [3.8, 4) is 0 Å². The first-order chi connectivity index (χ1) is 5.48. The zero-order valence-corrected chi connectivity index (χ0v) is 9.81. The van der Waals surface area contributed by atoms with E-state index in [2.05, 4.69) is 6.92 Å². The highest BCUT2D eigenvalue weighted by atomic mass is 35.5. The van der Waals surface area contributed by atoms with Crippen molar-refractivity contribution in [3.63, 3.8) is 0 Å². The molecule has 0 aromatic rings. The highest BCUT2D eigenvalue weighted by molar-refractivity contribution is 6.56. The molecular formula is C9H15Cl3. The van der Waals surface area contributed by atoms with E-state index in [4.69, 9.17) is 34.8 Å². The SMILES string of the molecule is CCCCCC(C)(Cl)C=C(Cl)Cl. The second-order valence-electron chi connectivity index (χ2n) is 3.17. The number of hydrogen-bond acceptors (Lipinski definition) is 0. The summed E-state index contributed by atoms with van der Waals surface area (Å²) in [6.45, 7) is 4.09. The average molecular weight is 230 g/mol. The summed E-state index contributed by atoms with van der Waals surface area (Å²) in [5.41, 5.74) is 0. The van der Waals surface area contributed by atoms with Gasteiger partial charge in [0.1, 0.15) is 4.49 Å². The van der Waals surface area contributed by atoms with Gasteiger partial charge in [-0.1, -0.05) is 49.4 Å². The lowest BCUT2D eigenvalue weighted by molar-refractivity contribution is 0.601. The Bertz CT molecular complexity index is 146. The summed E-state index contributed by atoms with van der Waals surface area (Å²) in [5, 5.41) is 0. The summed E-state index contributed by atoms with van der Waals surface area (Å²) in [6, 6.07) is 0. The van der Waals surface area contributed by atoms with E-state index in [1.54, 1.807) is 6.08 Å². The van der Waals surface area contributed by atoms with E-state index < -0.39 is 0 Å². The van der Waals surface area contributed by atoms with Gasteiger partial charge in [0.15, 0.2) is 0 Å². The van der Waals surface area contributed by atoms with Crippen LogP contribution in [-0.4, -0.2) is 4.87 Å². The molecule has 0 rings (SSSR count). The molecule has 0 spiro atoms. The molecular weight excluding hydrogens is 214 g/mol. The third-order valence-corrected chi connectivity index (χ3v) is 2.20. The first kappa shape index (κ1) is 12.6. The number of halogens is 3. The second kappa shape index (κ2) is 6.12. The minimum absolute atomic E-state index is 0.254. The van der Waals surface area contributed by atoms with Gasteiger partial charge in [-0.15, -0.1) is 11.6 Å². The Balaban J connectivity index is 3.79. The average Bonchev–Trinajstić information content (AvgIpc) is 1.84. The van der Waals surface area contributed by atoms with Crippen molar-refractivity contribution in [2.24, 2.45) is 0 Å². The molecule has 0 aromatic heterocycles. The molecule has 72 valence electrons. The minimum atomic E-state index is -0.381. The van der Waals surface area contributed by atoms with Gasteiger partial charge in [-0.2, -0.15) is 0 Å². The summed E-state index contributed by atoms with van der Waals surface area (Å²) in [6.07, 6.45) is 6.13. The molecule has 0 aromatic carbocycles. The van der Waals surface area contributed by atoms with Crippen molar-refractivity contribution in [1.82, 2.24) is 0 Å². The van der Waals surface area contributed by atoms with Crippen LogP contribution in [0.5, 0.6) is 0 Å². The first-order valence-electron chi connectivity index (χ1n) is 4.20. The van der Waals surface area contributed by atoms with Gasteiger partial charge in [0.05, 0.1) is 4.87 Å². The fraction of sp³-hybridized carbons (Fsp3) is 0.778. The van der Waals surface area contributed by atoms with Gasteiger partial charge in [-0.25, -0.2) is 0 Å². The highest BCUT2D eigenvalue weighted by Crippen LogP contribution is 2.27. The molecule has 3 heteroatoms. The fourth-order valence-corrected chi connectivity index (χ4v) is 1.86. The molecule has 0 saturated heterocycles. The van der Waals surface area contributed by atoms with Gasteiger partial charge >= 0.3 is 0 Å². The summed E-state index contributed by atoms with van der Waals surface area (Å²) in [5.74, 6) is 0. The molecule has 0 aliphatic rings. The molecule has 0 fully saturated rings.